The molecule has 1 heterocycles. The number of terminal acetylenes is 1. The zero-order valence-electron chi connectivity index (χ0n) is 10.9. The Morgan fingerprint density at radius 1 is 1.39 bits per heavy atom. The SMILES string of the molecule is C#Cc1c(F)cnc2cc(N)cc(CC)c12.CC. The highest BCUT2D eigenvalue weighted by Gasteiger charge is 2.10. The van der Waals surface area contributed by atoms with Crippen LogP contribution in [0.2, 0.25) is 0 Å². The summed E-state index contributed by atoms with van der Waals surface area (Å²) in [6.45, 7) is 5.97. The Hall–Kier alpha value is -2.08. The molecule has 3 heteroatoms. The molecule has 0 saturated carbocycles. The molecule has 0 aliphatic heterocycles. The Morgan fingerprint density at radius 3 is 2.61 bits per heavy atom. The van der Waals surface area contributed by atoms with Crippen molar-refractivity contribution in [3.05, 3.63) is 35.3 Å². The lowest BCUT2D eigenvalue weighted by molar-refractivity contribution is 0.621. The Balaban J connectivity index is 0.000000771. The van der Waals surface area contributed by atoms with Crippen molar-refractivity contribution in [2.24, 2.45) is 0 Å². The molecule has 2 rings (SSSR count). The summed E-state index contributed by atoms with van der Waals surface area (Å²) in [4.78, 5) is 4.01. The molecule has 0 radical (unpaired) electrons. The van der Waals surface area contributed by atoms with E-state index in [0.717, 1.165) is 18.2 Å². The maximum absolute atomic E-state index is 13.5. The molecule has 0 aliphatic carbocycles. The second-order valence-corrected chi connectivity index (χ2v) is 3.55. The Bertz CT molecular complexity index is 597. The van der Waals surface area contributed by atoms with Crippen molar-refractivity contribution in [2.75, 3.05) is 5.73 Å². The molecule has 94 valence electrons. The van der Waals surface area contributed by atoms with Crippen LogP contribution in [0.3, 0.4) is 0 Å². The lowest BCUT2D eigenvalue weighted by Gasteiger charge is -2.08. The number of aromatic nitrogens is 1. The van der Waals surface area contributed by atoms with Gasteiger partial charge in [0.15, 0.2) is 5.82 Å². The number of rotatable bonds is 1. The van der Waals surface area contributed by atoms with Crippen molar-refractivity contribution in [1.29, 1.82) is 0 Å². The van der Waals surface area contributed by atoms with Gasteiger partial charge in [-0.1, -0.05) is 26.7 Å². The molecule has 0 aliphatic rings. The number of aryl methyl sites for hydroxylation is 1. The fourth-order valence-corrected chi connectivity index (χ4v) is 1.83. The van der Waals surface area contributed by atoms with Gasteiger partial charge in [0.05, 0.1) is 17.3 Å². The predicted molar refractivity (Wildman–Crippen MR) is 74.8 cm³/mol. The van der Waals surface area contributed by atoms with E-state index in [2.05, 4.69) is 10.9 Å². The van der Waals surface area contributed by atoms with Crippen molar-refractivity contribution < 1.29 is 4.39 Å². The quantitative estimate of drug-likeness (QED) is 0.615. The van der Waals surface area contributed by atoms with E-state index in [0.29, 0.717) is 16.6 Å². The third-order valence-electron chi connectivity index (χ3n) is 2.55. The van der Waals surface area contributed by atoms with E-state index in [9.17, 15) is 4.39 Å². The van der Waals surface area contributed by atoms with Crippen molar-refractivity contribution in [3.8, 4) is 12.3 Å². The van der Waals surface area contributed by atoms with Crippen LogP contribution >= 0.6 is 0 Å². The van der Waals surface area contributed by atoms with E-state index < -0.39 is 5.82 Å². The van der Waals surface area contributed by atoms with Crippen LogP contribution in [0.15, 0.2) is 18.3 Å². The molecule has 0 spiro atoms. The zero-order chi connectivity index (χ0) is 13.7. The van der Waals surface area contributed by atoms with Crippen molar-refractivity contribution >= 4 is 16.6 Å². The van der Waals surface area contributed by atoms with Crippen LogP contribution < -0.4 is 5.73 Å². The minimum absolute atomic E-state index is 0.266. The topological polar surface area (TPSA) is 38.9 Å². The first-order valence-electron chi connectivity index (χ1n) is 6.00. The second kappa shape index (κ2) is 6.02. The van der Waals surface area contributed by atoms with Crippen molar-refractivity contribution in [1.82, 2.24) is 4.98 Å². The molecule has 0 amide bonds. The monoisotopic (exact) mass is 244 g/mol. The highest BCUT2D eigenvalue weighted by atomic mass is 19.1. The molecule has 0 fully saturated rings. The summed E-state index contributed by atoms with van der Waals surface area (Å²) in [6.07, 6.45) is 7.20. The van der Waals surface area contributed by atoms with Gasteiger partial charge in [0.25, 0.3) is 0 Å². The minimum Gasteiger partial charge on any atom is -0.399 e. The average molecular weight is 244 g/mol. The molecule has 2 N–H and O–H groups in total. The third-order valence-corrected chi connectivity index (χ3v) is 2.55. The summed E-state index contributed by atoms with van der Waals surface area (Å²) in [5.74, 6) is 1.91. The summed E-state index contributed by atoms with van der Waals surface area (Å²) < 4.78 is 13.5. The molecule has 0 bridgehead atoms. The molecule has 2 aromatic rings. The van der Waals surface area contributed by atoms with Crippen LogP contribution in [0, 0.1) is 18.2 Å². The van der Waals surface area contributed by atoms with Gasteiger partial charge in [-0.3, -0.25) is 4.98 Å². The van der Waals surface area contributed by atoms with Gasteiger partial charge in [0.2, 0.25) is 0 Å². The largest absolute Gasteiger partial charge is 0.399 e. The molecule has 18 heavy (non-hydrogen) atoms. The second-order valence-electron chi connectivity index (χ2n) is 3.55. The van der Waals surface area contributed by atoms with Crippen LogP contribution in [-0.2, 0) is 6.42 Å². The number of fused-ring (bicyclic) bond motifs is 1. The molecule has 0 unspecified atom stereocenters. The number of nitrogen functional groups attached to an aromatic ring is 1. The van der Waals surface area contributed by atoms with Gasteiger partial charge in [-0.25, -0.2) is 4.39 Å². The molecular weight excluding hydrogens is 227 g/mol. The van der Waals surface area contributed by atoms with Gasteiger partial charge in [-0.05, 0) is 24.1 Å². The fraction of sp³-hybridized carbons (Fsp3) is 0.267. The molecule has 1 aromatic heterocycles. The van der Waals surface area contributed by atoms with E-state index in [1.807, 2.05) is 26.8 Å². The normalized spacial score (nSPS) is 9.50. The third kappa shape index (κ3) is 2.43. The number of anilines is 1. The Labute approximate surface area is 107 Å². The van der Waals surface area contributed by atoms with Gasteiger partial charge in [-0.2, -0.15) is 0 Å². The van der Waals surface area contributed by atoms with Crippen molar-refractivity contribution in [2.45, 2.75) is 27.2 Å². The molecule has 2 nitrogen and oxygen atoms in total. The molecular formula is C15H17FN2. The van der Waals surface area contributed by atoms with E-state index >= 15 is 0 Å². The summed E-state index contributed by atoms with van der Waals surface area (Å²) in [6, 6.07) is 3.51. The first-order chi connectivity index (χ1) is 8.67. The van der Waals surface area contributed by atoms with Crippen LogP contribution in [0.1, 0.15) is 31.9 Å². The van der Waals surface area contributed by atoms with E-state index in [1.165, 1.54) is 0 Å². The summed E-state index contributed by atoms with van der Waals surface area (Å²) in [5, 5.41) is 0.694. The van der Waals surface area contributed by atoms with E-state index in [-0.39, 0.29) is 5.56 Å². The number of hydrogen-bond acceptors (Lipinski definition) is 2. The fourth-order valence-electron chi connectivity index (χ4n) is 1.83. The average Bonchev–Trinajstić information content (AvgIpc) is 2.40. The standard InChI is InChI=1S/C13H11FN2.C2H6/c1-3-8-5-9(15)6-12-13(8)10(4-2)11(14)7-16-12;1-2/h2,5-7H,3,15H2,1H3;1-2H3. The van der Waals surface area contributed by atoms with Gasteiger partial charge in [-0.15, -0.1) is 6.42 Å². The van der Waals surface area contributed by atoms with Gasteiger partial charge in [0, 0.05) is 11.1 Å². The zero-order valence-corrected chi connectivity index (χ0v) is 10.9. The van der Waals surface area contributed by atoms with Gasteiger partial charge < -0.3 is 5.73 Å². The number of nitrogens with zero attached hydrogens (tertiary/aromatic N) is 1. The number of hydrogen-bond donors (Lipinski definition) is 1. The lowest BCUT2D eigenvalue weighted by Crippen LogP contribution is -1.96. The summed E-state index contributed by atoms with van der Waals surface area (Å²) in [7, 11) is 0. The van der Waals surface area contributed by atoms with Crippen LogP contribution in [0.25, 0.3) is 10.9 Å². The highest BCUT2D eigenvalue weighted by Crippen LogP contribution is 2.26. The minimum atomic E-state index is -0.463. The summed E-state index contributed by atoms with van der Waals surface area (Å²) >= 11 is 0. The predicted octanol–water partition coefficient (Wildman–Crippen LogP) is 3.53. The first kappa shape index (κ1) is 14.0. The Kier molecular flexibility index (Phi) is 4.67. The molecule has 0 atom stereocenters. The van der Waals surface area contributed by atoms with Crippen LogP contribution in [0.5, 0.6) is 0 Å². The summed E-state index contributed by atoms with van der Waals surface area (Å²) in [5.41, 5.74) is 8.20. The van der Waals surface area contributed by atoms with Crippen LogP contribution in [-0.4, -0.2) is 4.98 Å². The lowest BCUT2D eigenvalue weighted by atomic mass is 10.0. The Morgan fingerprint density at radius 2 is 2.06 bits per heavy atom. The van der Waals surface area contributed by atoms with Crippen molar-refractivity contribution in [3.63, 3.8) is 0 Å². The highest BCUT2D eigenvalue weighted by molar-refractivity contribution is 5.90. The maximum atomic E-state index is 13.5. The smallest absolute Gasteiger partial charge is 0.157 e. The number of halogens is 1. The van der Waals surface area contributed by atoms with Gasteiger partial charge >= 0.3 is 0 Å². The van der Waals surface area contributed by atoms with E-state index in [4.69, 9.17) is 12.2 Å². The number of pyridine rings is 1. The molecule has 1 aromatic carbocycles. The van der Waals surface area contributed by atoms with Gasteiger partial charge in [0.1, 0.15) is 0 Å². The van der Waals surface area contributed by atoms with E-state index in [1.54, 1.807) is 6.07 Å². The number of nitrogens with two attached hydrogens (primary N) is 1. The molecule has 0 saturated heterocycles. The number of benzene rings is 1. The maximum Gasteiger partial charge on any atom is 0.157 e. The first-order valence-corrected chi connectivity index (χ1v) is 6.00. The van der Waals surface area contributed by atoms with Crippen LogP contribution in [0.4, 0.5) is 10.1 Å².